The van der Waals surface area contributed by atoms with Crippen molar-refractivity contribution in [1.29, 1.82) is 0 Å². The van der Waals surface area contributed by atoms with Crippen molar-refractivity contribution in [2.24, 2.45) is 5.73 Å². The first-order valence-electron chi connectivity index (χ1n) is 22.8. The molecule has 5 N–H and O–H groups in total. The number of aromatic hydroxyl groups is 1. The zero-order chi connectivity index (χ0) is 54.5. The Hall–Kier alpha value is -8.07. The highest BCUT2D eigenvalue weighted by Gasteiger charge is 2.28. The molecule has 0 radical (unpaired) electrons. The second kappa shape index (κ2) is 25.0. The number of aromatic nitrogens is 1. The van der Waals surface area contributed by atoms with Gasteiger partial charge >= 0.3 is 6.01 Å². The summed E-state index contributed by atoms with van der Waals surface area (Å²) in [5.41, 5.74) is 9.49. The highest BCUT2D eigenvalue weighted by Crippen LogP contribution is 2.35. The number of hydrogen-bond donors (Lipinski definition) is 4. The Morgan fingerprint density at radius 1 is 0.658 bits per heavy atom. The van der Waals surface area contributed by atoms with Gasteiger partial charge in [-0.2, -0.15) is 4.98 Å². The number of amides is 2. The molecule has 0 fully saturated rings. The smallest absolute Gasteiger partial charge is 0.310 e. The fourth-order valence-corrected chi connectivity index (χ4v) is 11.5. The Bertz CT molecular complexity index is 3750. The van der Waals surface area contributed by atoms with E-state index in [-0.39, 0.29) is 43.5 Å². The number of sulfone groups is 1. The summed E-state index contributed by atoms with van der Waals surface area (Å²) in [7, 11) is -11.3. The van der Waals surface area contributed by atoms with E-state index in [4.69, 9.17) is 21.8 Å². The molecule has 9 rings (SSSR count). The van der Waals surface area contributed by atoms with Gasteiger partial charge in [-0.15, -0.1) is 0 Å². The van der Waals surface area contributed by atoms with Gasteiger partial charge in [0.1, 0.15) is 18.0 Å². The number of primary amides is 1. The molecule has 0 unspecified atom stereocenters. The number of aryl methyl sites for hydroxylation is 1. The number of benzene rings is 8. The van der Waals surface area contributed by atoms with Crippen LogP contribution in [0.3, 0.4) is 0 Å². The number of halogens is 2. The Kier molecular flexibility index (Phi) is 18.3. The number of carbonyl (C=O) groups is 2. The molecule has 76 heavy (non-hydrogen) atoms. The predicted octanol–water partition coefficient (Wildman–Crippen LogP) is 11.5. The normalized spacial score (nSPS) is 11.2. The van der Waals surface area contributed by atoms with E-state index in [1.165, 1.54) is 48.5 Å². The SMILES string of the molecule is Cc1ccc(CS(=O)(=O)c2ccccc2)c(O)c1.NC(=O)c1ccccc1NC(=O)CN(c1cccc(Br)c1)S(=O)(=O)c1ccccc1.O=S(=O)(Nc1nc(-c2ccccc2)c(-c2ccccc2)o1)c1ccc(Cl)cc1. The van der Waals surface area contributed by atoms with Crippen LogP contribution in [-0.4, -0.2) is 53.7 Å². The number of rotatable bonds is 15. The molecule has 388 valence electrons. The summed E-state index contributed by atoms with van der Waals surface area (Å²) in [6, 6.07) is 58.6. The minimum Gasteiger partial charge on any atom is -0.508 e. The van der Waals surface area contributed by atoms with Crippen LogP contribution in [0.4, 0.5) is 17.4 Å². The van der Waals surface area contributed by atoms with Gasteiger partial charge in [0.25, 0.3) is 26.0 Å². The first-order chi connectivity index (χ1) is 36.3. The second-order valence-electron chi connectivity index (χ2n) is 16.5. The third-order valence-electron chi connectivity index (χ3n) is 10.9. The van der Waals surface area contributed by atoms with Gasteiger partial charge in [-0.1, -0.05) is 155 Å². The third kappa shape index (κ3) is 14.6. The van der Waals surface area contributed by atoms with Crippen molar-refractivity contribution < 1.29 is 44.4 Å². The van der Waals surface area contributed by atoms with Crippen LogP contribution in [0.1, 0.15) is 21.5 Å². The topological polar surface area (TPSA) is 236 Å². The molecule has 0 saturated carbocycles. The van der Waals surface area contributed by atoms with E-state index in [0.717, 1.165) is 21.0 Å². The Morgan fingerprint density at radius 2 is 1.22 bits per heavy atom. The lowest BCUT2D eigenvalue weighted by atomic mass is 10.1. The Morgan fingerprint density at radius 3 is 1.82 bits per heavy atom. The fraction of sp³-hybridized carbons (Fsp3) is 0.0536. The summed E-state index contributed by atoms with van der Waals surface area (Å²) in [6.45, 7) is 1.34. The van der Waals surface area contributed by atoms with Crippen LogP contribution in [0, 0.1) is 6.92 Å². The van der Waals surface area contributed by atoms with Crippen molar-refractivity contribution in [1.82, 2.24) is 4.98 Å². The van der Waals surface area contributed by atoms with Crippen molar-refractivity contribution in [3.05, 3.63) is 239 Å². The zero-order valence-electron chi connectivity index (χ0n) is 40.2. The summed E-state index contributed by atoms with van der Waals surface area (Å²) in [5.74, 6) is -1.01. The van der Waals surface area contributed by atoms with Crippen LogP contribution in [-0.2, 0) is 40.4 Å². The number of nitrogens with one attached hydrogen (secondary N) is 2. The van der Waals surface area contributed by atoms with Crippen LogP contribution < -0.4 is 20.1 Å². The number of sulfonamides is 2. The number of oxazole rings is 1. The Balaban J connectivity index is 0.000000171. The number of nitrogens with two attached hydrogens (primary N) is 1. The highest BCUT2D eigenvalue weighted by atomic mass is 79.9. The maximum atomic E-state index is 13.3. The molecule has 0 aliphatic heterocycles. The zero-order valence-corrected chi connectivity index (χ0v) is 45.0. The summed E-state index contributed by atoms with van der Waals surface area (Å²) >= 11 is 9.16. The molecular formula is C56H47BrClN5O10S3. The third-order valence-corrected chi connectivity index (χ3v) is 16.5. The van der Waals surface area contributed by atoms with Crippen molar-refractivity contribution in [2.75, 3.05) is 20.9 Å². The Labute approximate surface area is 453 Å². The largest absolute Gasteiger partial charge is 0.508 e. The summed E-state index contributed by atoms with van der Waals surface area (Å²) in [4.78, 5) is 29.1. The standard InChI is InChI=1S/C21H18BrN3O4S.C21H15ClN2O3S.C14H14O3S/c22-15-7-6-8-16(13-15)25(30(28,29)17-9-2-1-3-10-17)14-20(26)24-19-12-5-4-11-18(19)21(23)27;22-17-11-13-18(14-12-17)28(25,26)24-21-23-19(15-7-3-1-4-8-15)20(27-21)16-9-5-2-6-10-16;1-11-7-8-12(14(15)9-11)10-18(16,17)13-5-3-2-4-6-13/h1-13H,14H2,(H2,23,27)(H,24,26);1-14H,(H,23,24);2-9,15H,10H2,1H3. The molecule has 2 amide bonds. The van der Waals surface area contributed by atoms with Gasteiger partial charge in [0.05, 0.1) is 37.4 Å². The van der Waals surface area contributed by atoms with E-state index in [1.54, 1.807) is 103 Å². The van der Waals surface area contributed by atoms with Gasteiger partial charge in [0.2, 0.25) is 5.91 Å². The number of phenolic OH excluding ortho intramolecular Hbond substituents is 1. The molecule has 0 atom stereocenters. The minimum atomic E-state index is -4.02. The molecule has 0 aliphatic carbocycles. The molecule has 20 heteroatoms. The number of anilines is 3. The van der Waals surface area contributed by atoms with Crippen molar-refractivity contribution in [3.8, 4) is 28.3 Å². The average Bonchev–Trinajstić information content (AvgIpc) is 3.84. The van der Waals surface area contributed by atoms with Crippen molar-refractivity contribution in [2.45, 2.75) is 27.4 Å². The van der Waals surface area contributed by atoms with Gasteiger partial charge in [0.15, 0.2) is 15.6 Å². The lowest BCUT2D eigenvalue weighted by Gasteiger charge is -2.24. The van der Waals surface area contributed by atoms with E-state index >= 15 is 0 Å². The van der Waals surface area contributed by atoms with Crippen LogP contribution >= 0.6 is 27.5 Å². The first kappa shape index (κ1) is 55.7. The molecule has 1 aromatic heterocycles. The van der Waals surface area contributed by atoms with E-state index < -0.39 is 48.2 Å². The number of nitrogens with zero attached hydrogens (tertiary/aromatic N) is 2. The van der Waals surface area contributed by atoms with Gasteiger partial charge in [-0.05, 0) is 97.4 Å². The number of carbonyl (C=O) groups excluding carboxylic acids is 2. The van der Waals surface area contributed by atoms with E-state index in [1.807, 2.05) is 67.6 Å². The molecule has 9 aromatic rings. The summed E-state index contributed by atoms with van der Waals surface area (Å²) in [6.07, 6.45) is 0. The van der Waals surface area contributed by atoms with E-state index in [2.05, 4.69) is 31.0 Å². The van der Waals surface area contributed by atoms with Crippen LogP contribution in [0.15, 0.2) is 236 Å². The van der Waals surface area contributed by atoms with Crippen LogP contribution in [0.2, 0.25) is 5.02 Å². The van der Waals surface area contributed by atoms with Crippen molar-refractivity contribution >= 4 is 86.6 Å². The van der Waals surface area contributed by atoms with Crippen molar-refractivity contribution in [3.63, 3.8) is 0 Å². The van der Waals surface area contributed by atoms with E-state index in [9.17, 15) is 39.9 Å². The lowest BCUT2D eigenvalue weighted by Crippen LogP contribution is -2.38. The summed E-state index contributed by atoms with van der Waals surface area (Å²) in [5, 5.41) is 12.8. The highest BCUT2D eigenvalue weighted by molar-refractivity contribution is 9.10. The molecule has 0 bridgehead atoms. The maximum Gasteiger partial charge on any atom is 0.310 e. The van der Waals surface area contributed by atoms with Gasteiger partial charge in [0, 0.05) is 26.2 Å². The van der Waals surface area contributed by atoms with Gasteiger partial charge in [-0.3, -0.25) is 13.9 Å². The lowest BCUT2D eigenvalue weighted by molar-refractivity contribution is -0.114. The molecule has 15 nitrogen and oxygen atoms in total. The van der Waals surface area contributed by atoms with Gasteiger partial charge < -0.3 is 20.6 Å². The molecule has 8 aromatic carbocycles. The average molecular weight is 1160 g/mol. The monoisotopic (exact) mass is 1160 g/mol. The molecule has 0 saturated heterocycles. The quantitative estimate of drug-likeness (QED) is 0.0753. The van der Waals surface area contributed by atoms with Crippen LogP contribution in [0.5, 0.6) is 5.75 Å². The van der Waals surface area contributed by atoms with E-state index in [0.29, 0.717) is 32.2 Å². The molecular weight excluding hydrogens is 1110 g/mol. The maximum absolute atomic E-state index is 13.3. The predicted molar refractivity (Wildman–Crippen MR) is 299 cm³/mol. The van der Waals surface area contributed by atoms with Crippen LogP contribution in [0.25, 0.3) is 22.6 Å². The second-order valence-corrected chi connectivity index (χ2v) is 23.3. The number of para-hydroxylation sites is 1. The molecule has 1 heterocycles. The number of phenols is 1. The summed E-state index contributed by atoms with van der Waals surface area (Å²) < 4.78 is 86.0. The molecule has 0 aliphatic rings. The first-order valence-corrected chi connectivity index (χ1v) is 28.5. The fourth-order valence-electron chi connectivity index (χ4n) is 7.23. The van der Waals surface area contributed by atoms with Gasteiger partial charge in [-0.25, -0.2) is 30.0 Å². The minimum absolute atomic E-state index is 0.0227. The number of hydrogen-bond acceptors (Lipinski definition) is 11. The molecule has 0 spiro atoms.